The van der Waals surface area contributed by atoms with E-state index in [1.807, 2.05) is 0 Å². The Morgan fingerprint density at radius 3 is 2.32 bits per heavy atom. The van der Waals surface area contributed by atoms with Gasteiger partial charge in [0.25, 0.3) is 0 Å². The van der Waals surface area contributed by atoms with Crippen LogP contribution in [-0.4, -0.2) is 52.0 Å². The molecule has 0 bridgehead atoms. The molecule has 6 atom stereocenters. The molecule has 132 valence electrons. The highest BCUT2D eigenvalue weighted by Gasteiger charge is 2.41. The van der Waals surface area contributed by atoms with Crippen molar-refractivity contribution < 1.29 is 24.9 Å². The van der Waals surface area contributed by atoms with Crippen molar-refractivity contribution in [3.05, 3.63) is 0 Å². The normalized spacial score (nSPS) is 29.9. The Balaban J connectivity index is 2.36. The molecule has 1 rings (SSSR count). The van der Waals surface area contributed by atoms with Gasteiger partial charge in [-0.1, -0.05) is 12.8 Å². The van der Waals surface area contributed by atoms with E-state index in [-0.39, 0.29) is 43.4 Å². The molecule has 2 unspecified atom stereocenters. The molecule has 4 N–H and O–H groups in total. The first-order valence-corrected chi connectivity index (χ1v) is 9.04. The molecule has 6 heteroatoms. The summed E-state index contributed by atoms with van der Waals surface area (Å²) in [6.45, 7) is 0.379. The maximum absolute atomic E-state index is 10.3. The first kappa shape index (κ1) is 20.3. The fourth-order valence-electron chi connectivity index (χ4n) is 3.64. The van der Waals surface area contributed by atoms with Crippen LogP contribution in [0.2, 0.25) is 0 Å². The number of rotatable bonds is 12. The van der Waals surface area contributed by atoms with Crippen LogP contribution in [0.25, 0.3) is 0 Å². The molecule has 1 aliphatic rings. The van der Waals surface area contributed by atoms with Gasteiger partial charge < -0.3 is 24.9 Å². The van der Waals surface area contributed by atoms with Gasteiger partial charge in [0.1, 0.15) is 0 Å². The Morgan fingerprint density at radius 2 is 1.68 bits per heavy atom. The third-order valence-corrected chi connectivity index (χ3v) is 5.24. The van der Waals surface area contributed by atoms with E-state index in [9.17, 15) is 10.2 Å². The van der Waals surface area contributed by atoms with E-state index in [1.165, 1.54) is 0 Å². The predicted molar refractivity (Wildman–Crippen MR) is 89.3 cm³/mol. The average molecular weight is 336 g/mol. The summed E-state index contributed by atoms with van der Waals surface area (Å²) >= 11 is 0. The van der Waals surface area contributed by atoms with Gasteiger partial charge in [0.05, 0.1) is 18.3 Å². The monoisotopic (exact) mass is 336 g/mol. The Bertz CT molecular complexity index is 279. The number of aliphatic hydroxyl groups excluding tert-OH is 4. The van der Waals surface area contributed by atoms with Crippen molar-refractivity contribution in [3.63, 3.8) is 0 Å². The van der Waals surface area contributed by atoms with Gasteiger partial charge in [0.2, 0.25) is 0 Å². The van der Waals surface area contributed by atoms with Gasteiger partial charge in [-0.3, -0.25) is 0 Å². The summed E-state index contributed by atoms with van der Waals surface area (Å²) < 4.78 is 5.41. The molecule has 22 heavy (non-hydrogen) atoms. The largest absolute Gasteiger partial charge is 0.396 e. The second-order valence-corrected chi connectivity index (χ2v) is 6.75. The molecule has 0 spiro atoms. The molecule has 1 saturated carbocycles. The maximum atomic E-state index is 10.3. The molecule has 0 aromatic heterocycles. The van der Waals surface area contributed by atoms with Crippen LogP contribution in [0.1, 0.15) is 57.8 Å². The molecule has 0 saturated heterocycles. The van der Waals surface area contributed by atoms with E-state index < -0.39 is 0 Å². The van der Waals surface area contributed by atoms with E-state index in [0.717, 1.165) is 44.9 Å². The zero-order valence-corrected chi connectivity index (χ0v) is 14.6. The van der Waals surface area contributed by atoms with Gasteiger partial charge in [-0.15, -0.1) is 0 Å². The lowest BCUT2D eigenvalue weighted by Gasteiger charge is -2.25. The van der Waals surface area contributed by atoms with Crippen molar-refractivity contribution in [3.8, 4) is 0 Å². The minimum absolute atomic E-state index is 0.0262. The Hall–Kier alpha value is 0.230. The Labute approximate surface area is 136 Å². The fraction of sp³-hybridized carbons (Fsp3) is 1.00. The summed E-state index contributed by atoms with van der Waals surface area (Å²) in [4.78, 5) is 0. The SMILES string of the molecule is OCCCCCC(O)CC[C@@H]1[C@@H](CCCO)[C@@H](OP)C[C@H]1O. The molecule has 0 heterocycles. The number of unbranched alkanes of at least 4 members (excludes halogenated alkanes) is 2. The van der Waals surface area contributed by atoms with Crippen LogP contribution in [-0.2, 0) is 4.52 Å². The molecule has 0 aromatic carbocycles. The van der Waals surface area contributed by atoms with Crippen LogP contribution in [0.4, 0.5) is 0 Å². The molecule has 0 aromatic rings. The number of aliphatic hydroxyl groups is 4. The third kappa shape index (κ3) is 6.77. The fourth-order valence-corrected chi connectivity index (χ4v) is 3.95. The van der Waals surface area contributed by atoms with Crippen molar-refractivity contribution in [2.24, 2.45) is 11.8 Å². The zero-order chi connectivity index (χ0) is 16.4. The van der Waals surface area contributed by atoms with E-state index in [2.05, 4.69) is 9.47 Å². The van der Waals surface area contributed by atoms with E-state index in [0.29, 0.717) is 12.8 Å². The third-order valence-electron chi connectivity index (χ3n) is 4.89. The highest BCUT2D eigenvalue weighted by Crippen LogP contribution is 2.41. The number of hydrogen-bond acceptors (Lipinski definition) is 5. The molecular weight excluding hydrogens is 303 g/mol. The molecule has 1 fully saturated rings. The first-order valence-electron chi connectivity index (χ1n) is 8.57. The van der Waals surface area contributed by atoms with E-state index in [1.54, 1.807) is 0 Å². The molecule has 0 amide bonds. The van der Waals surface area contributed by atoms with E-state index >= 15 is 0 Å². The van der Waals surface area contributed by atoms with Crippen molar-refractivity contribution in [1.82, 2.24) is 0 Å². The van der Waals surface area contributed by atoms with Gasteiger partial charge in [-0.25, -0.2) is 0 Å². The highest BCUT2D eigenvalue weighted by atomic mass is 31.0. The minimum Gasteiger partial charge on any atom is -0.396 e. The average Bonchev–Trinajstić information content (AvgIpc) is 2.82. The summed E-state index contributed by atoms with van der Waals surface area (Å²) in [5.41, 5.74) is 0. The smallest absolute Gasteiger partial charge is 0.0667 e. The molecule has 1 aliphatic carbocycles. The molecule has 0 radical (unpaired) electrons. The van der Waals surface area contributed by atoms with Crippen LogP contribution in [0.15, 0.2) is 0 Å². The van der Waals surface area contributed by atoms with Crippen LogP contribution < -0.4 is 0 Å². The van der Waals surface area contributed by atoms with Gasteiger partial charge in [0.15, 0.2) is 0 Å². The quantitative estimate of drug-likeness (QED) is 0.321. The van der Waals surface area contributed by atoms with Gasteiger partial charge in [-0.05, 0) is 50.4 Å². The molecular formula is C16H33O5P. The lowest BCUT2D eigenvalue weighted by molar-refractivity contribution is 0.0819. The summed E-state index contributed by atoms with van der Waals surface area (Å²) in [6.07, 6.45) is 6.45. The summed E-state index contributed by atoms with van der Waals surface area (Å²) in [7, 11) is 2.29. The van der Waals surface area contributed by atoms with Crippen LogP contribution >= 0.6 is 9.47 Å². The Kier molecular flexibility index (Phi) is 10.8. The first-order chi connectivity index (χ1) is 10.6. The second-order valence-electron chi connectivity index (χ2n) is 6.48. The lowest BCUT2D eigenvalue weighted by Crippen LogP contribution is -2.24. The van der Waals surface area contributed by atoms with Crippen LogP contribution in [0.3, 0.4) is 0 Å². The van der Waals surface area contributed by atoms with Crippen molar-refractivity contribution >= 4 is 9.47 Å². The van der Waals surface area contributed by atoms with Gasteiger partial charge in [0, 0.05) is 29.1 Å². The topological polar surface area (TPSA) is 90.2 Å². The minimum atomic E-state index is -0.379. The zero-order valence-electron chi connectivity index (χ0n) is 13.4. The van der Waals surface area contributed by atoms with Crippen LogP contribution in [0, 0.1) is 11.8 Å². The summed E-state index contributed by atoms with van der Waals surface area (Å²) in [5, 5.41) is 38.1. The predicted octanol–water partition coefficient (Wildman–Crippen LogP) is 1.62. The van der Waals surface area contributed by atoms with Gasteiger partial charge >= 0.3 is 0 Å². The van der Waals surface area contributed by atoms with Crippen molar-refractivity contribution in [2.45, 2.75) is 76.1 Å². The van der Waals surface area contributed by atoms with Gasteiger partial charge in [-0.2, -0.15) is 0 Å². The summed E-state index contributed by atoms with van der Waals surface area (Å²) in [5.74, 6) is 0.394. The van der Waals surface area contributed by atoms with E-state index in [4.69, 9.17) is 14.7 Å². The lowest BCUT2D eigenvalue weighted by atomic mass is 9.85. The Morgan fingerprint density at radius 1 is 0.955 bits per heavy atom. The molecule has 5 nitrogen and oxygen atoms in total. The number of hydrogen-bond donors (Lipinski definition) is 4. The molecule has 0 aliphatic heterocycles. The highest BCUT2D eigenvalue weighted by molar-refractivity contribution is 7.09. The van der Waals surface area contributed by atoms with Crippen molar-refractivity contribution in [1.29, 1.82) is 0 Å². The van der Waals surface area contributed by atoms with Crippen molar-refractivity contribution in [2.75, 3.05) is 13.2 Å². The van der Waals surface area contributed by atoms with Crippen LogP contribution in [0.5, 0.6) is 0 Å². The second kappa shape index (κ2) is 11.7. The summed E-state index contributed by atoms with van der Waals surface area (Å²) in [6, 6.07) is 0. The maximum Gasteiger partial charge on any atom is 0.0667 e. The standard InChI is InChI=1S/C16H33O5P/c17-9-3-1-2-5-12(19)7-8-13-14(6-4-10-18)16(21-22)11-15(13)20/h12-20H,1-11,22H2/t12?,13-,14-,15-,16+/m1/s1.